The van der Waals surface area contributed by atoms with E-state index in [9.17, 15) is 0 Å². The monoisotopic (exact) mass is 372 g/mol. The summed E-state index contributed by atoms with van der Waals surface area (Å²) >= 11 is 0. The first kappa shape index (κ1) is 18.3. The van der Waals surface area contributed by atoms with Crippen molar-refractivity contribution in [3.8, 4) is 0 Å². The van der Waals surface area contributed by atoms with Gasteiger partial charge in [0.1, 0.15) is 0 Å². The molecule has 148 valence electrons. The largest absolute Gasteiger partial charge is 0.0685 e. The van der Waals surface area contributed by atoms with Gasteiger partial charge in [-0.3, -0.25) is 0 Å². The van der Waals surface area contributed by atoms with Crippen molar-refractivity contribution in [2.24, 2.45) is 23.7 Å². The van der Waals surface area contributed by atoms with Crippen molar-refractivity contribution in [3.05, 3.63) is 0 Å². The highest BCUT2D eigenvalue weighted by molar-refractivity contribution is 6.83. The molecule has 0 N–H and O–H groups in total. The van der Waals surface area contributed by atoms with Gasteiger partial charge in [-0.25, -0.2) is 0 Å². The molecule has 5 saturated carbocycles. The number of fused-ring (bicyclic) bond motifs is 2. The van der Waals surface area contributed by atoms with Gasteiger partial charge in [0.05, 0.1) is 8.07 Å². The van der Waals surface area contributed by atoms with E-state index in [-0.39, 0.29) is 0 Å². The second kappa shape index (κ2) is 7.56. The summed E-state index contributed by atoms with van der Waals surface area (Å²) in [5.41, 5.74) is 3.69. The summed E-state index contributed by atoms with van der Waals surface area (Å²) in [6.45, 7) is 3.02. The fourth-order valence-corrected chi connectivity index (χ4v) is 17.3. The normalized spacial score (nSPS) is 46.5. The fraction of sp³-hybridized carbons (Fsp3) is 1.00. The third-order valence-electron chi connectivity index (χ3n) is 10.7. The van der Waals surface area contributed by atoms with Gasteiger partial charge in [-0.15, -0.1) is 0 Å². The van der Waals surface area contributed by atoms with Gasteiger partial charge < -0.3 is 0 Å². The van der Waals surface area contributed by atoms with Gasteiger partial charge in [0.2, 0.25) is 0 Å². The van der Waals surface area contributed by atoms with E-state index in [0.717, 1.165) is 11.8 Å². The Morgan fingerprint density at radius 1 is 0.462 bits per heavy atom. The van der Waals surface area contributed by atoms with Crippen LogP contribution in [0.5, 0.6) is 0 Å². The Morgan fingerprint density at radius 2 is 0.923 bits per heavy atom. The molecule has 5 fully saturated rings. The number of hydrogen-bond acceptors (Lipinski definition) is 0. The number of hydrogen-bond donors (Lipinski definition) is 0. The molecule has 0 radical (unpaired) electrons. The van der Waals surface area contributed by atoms with Crippen LogP contribution in [0.3, 0.4) is 0 Å². The second-order valence-corrected chi connectivity index (χ2v) is 16.5. The maximum absolute atomic E-state index is 3.02. The zero-order chi connectivity index (χ0) is 17.6. The SMILES string of the molecule is C[Si](C1CCCCC1)(C1CCC2CCCCC21)C1CCC2CCCCC21. The number of rotatable bonds is 3. The summed E-state index contributed by atoms with van der Waals surface area (Å²) in [6.07, 6.45) is 27.3. The Bertz CT molecular complexity index is 447. The van der Waals surface area contributed by atoms with E-state index in [1.54, 1.807) is 109 Å². The quantitative estimate of drug-likeness (QED) is 0.437. The minimum Gasteiger partial charge on any atom is -0.0685 e. The first-order chi connectivity index (χ1) is 12.8. The highest BCUT2D eigenvalue weighted by Gasteiger charge is 2.58. The average molecular weight is 373 g/mol. The third kappa shape index (κ3) is 2.98. The van der Waals surface area contributed by atoms with Crippen LogP contribution in [-0.4, -0.2) is 8.07 Å². The summed E-state index contributed by atoms with van der Waals surface area (Å²) in [6, 6.07) is 0. The van der Waals surface area contributed by atoms with Gasteiger partial charge in [0, 0.05) is 0 Å². The summed E-state index contributed by atoms with van der Waals surface area (Å²) in [5, 5.41) is 0. The first-order valence-corrected chi connectivity index (χ1v) is 15.5. The van der Waals surface area contributed by atoms with E-state index in [2.05, 4.69) is 6.55 Å². The Kier molecular flexibility index (Phi) is 5.31. The van der Waals surface area contributed by atoms with Crippen LogP contribution < -0.4 is 0 Å². The van der Waals surface area contributed by atoms with Gasteiger partial charge in [-0.1, -0.05) is 116 Å². The van der Waals surface area contributed by atoms with Crippen LogP contribution >= 0.6 is 0 Å². The van der Waals surface area contributed by atoms with Crippen LogP contribution in [0, 0.1) is 23.7 Å². The maximum atomic E-state index is 3.02. The van der Waals surface area contributed by atoms with Crippen LogP contribution in [0.1, 0.15) is 109 Å². The molecule has 0 nitrogen and oxygen atoms in total. The third-order valence-corrected chi connectivity index (χ3v) is 17.7. The van der Waals surface area contributed by atoms with Crippen LogP contribution in [0.25, 0.3) is 0 Å². The Balaban J connectivity index is 1.47. The van der Waals surface area contributed by atoms with Crippen molar-refractivity contribution in [2.45, 2.75) is 132 Å². The zero-order valence-corrected chi connectivity index (χ0v) is 18.6. The topological polar surface area (TPSA) is 0 Å². The zero-order valence-electron chi connectivity index (χ0n) is 17.6. The molecular formula is C25H44Si. The van der Waals surface area contributed by atoms with Crippen molar-refractivity contribution < 1.29 is 0 Å². The lowest BCUT2D eigenvalue weighted by molar-refractivity contribution is 0.259. The molecule has 0 heterocycles. The average Bonchev–Trinajstić information content (AvgIpc) is 3.33. The Labute approximate surface area is 164 Å². The predicted molar refractivity (Wildman–Crippen MR) is 115 cm³/mol. The van der Waals surface area contributed by atoms with Gasteiger partial charge >= 0.3 is 0 Å². The molecule has 6 atom stereocenters. The minimum absolute atomic E-state index is 1.16. The molecule has 5 rings (SSSR count). The van der Waals surface area contributed by atoms with E-state index < -0.39 is 8.07 Å². The van der Waals surface area contributed by atoms with E-state index in [0.29, 0.717) is 0 Å². The minimum atomic E-state index is -1.20. The van der Waals surface area contributed by atoms with E-state index in [1.807, 2.05) is 0 Å². The van der Waals surface area contributed by atoms with Gasteiger partial charge in [0.25, 0.3) is 0 Å². The highest BCUT2D eigenvalue weighted by atomic mass is 28.3. The summed E-state index contributed by atoms with van der Waals surface area (Å²) < 4.78 is 0. The van der Waals surface area contributed by atoms with Crippen molar-refractivity contribution in [1.82, 2.24) is 0 Å². The van der Waals surface area contributed by atoms with Crippen molar-refractivity contribution in [1.29, 1.82) is 0 Å². The maximum Gasteiger partial charge on any atom is 0.0603 e. The van der Waals surface area contributed by atoms with E-state index in [1.165, 1.54) is 28.5 Å². The molecule has 0 aromatic heterocycles. The van der Waals surface area contributed by atoms with Gasteiger partial charge in [-0.2, -0.15) is 0 Å². The molecule has 0 aromatic carbocycles. The molecule has 5 aliphatic rings. The molecule has 1 heteroatoms. The van der Waals surface area contributed by atoms with Crippen molar-refractivity contribution in [3.63, 3.8) is 0 Å². The molecule has 26 heavy (non-hydrogen) atoms. The molecule has 0 saturated heterocycles. The van der Waals surface area contributed by atoms with Crippen LogP contribution in [0.2, 0.25) is 23.2 Å². The van der Waals surface area contributed by atoms with Crippen LogP contribution in [-0.2, 0) is 0 Å². The van der Waals surface area contributed by atoms with Crippen molar-refractivity contribution in [2.75, 3.05) is 0 Å². The first-order valence-electron chi connectivity index (χ1n) is 12.8. The summed E-state index contributed by atoms with van der Waals surface area (Å²) in [5.74, 6) is 4.69. The fourth-order valence-electron chi connectivity index (χ4n) is 9.61. The molecule has 0 aliphatic heterocycles. The Morgan fingerprint density at radius 3 is 1.46 bits per heavy atom. The lowest BCUT2D eigenvalue weighted by Crippen LogP contribution is -2.50. The van der Waals surface area contributed by atoms with Crippen LogP contribution in [0.15, 0.2) is 0 Å². The molecule has 5 aliphatic carbocycles. The molecule has 0 aromatic rings. The smallest absolute Gasteiger partial charge is 0.0603 e. The van der Waals surface area contributed by atoms with Gasteiger partial charge in [0.15, 0.2) is 0 Å². The van der Waals surface area contributed by atoms with Crippen molar-refractivity contribution >= 4 is 8.07 Å². The predicted octanol–water partition coefficient (Wildman–Crippen LogP) is 8.34. The molecular weight excluding hydrogens is 328 g/mol. The highest BCUT2D eigenvalue weighted by Crippen LogP contribution is 2.65. The van der Waals surface area contributed by atoms with E-state index >= 15 is 0 Å². The summed E-state index contributed by atoms with van der Waals surface area (Å²) in [7, 11) is -1.20. The molecule has 6 unspecified atom stereocenters. The Hall–Kier alpha value is 0.217. The second-order valence-electron chi connectivity index (χ2n) is 11.5. The van der Waals surface area contributed by atoms with Gasteiger partial charge in [-0.05, 0) is 40.3 Å². The molecule has 0 bridgehead atoms. The lowest BCUT2D eigenvalue weighted by atomic mass is 9.81. The van der Waals surface area contributed by atoms with Crippen LogP contribution in [0.4, 0.5) is 0 Å². The summed E-state index contributed by atoms with van der Waals surface area (Å²) in [4.78, 5) is 0. The molecule has 0 spiro atoms. The van der Waals surface area contributed by atoms with E-state index in [4.69, 9.17) is 0 Å². The standard InChI is InChI=1S/C25H44Si/c1-26(21-11-3-2-4-12-21,24-17-15-19-9-5-7-13-22(19)24)25-18-16-20-10-6-8-14-23(20)25/h19-25H,2-18H2,1H3. The lowest BCUT2D eigenvalue weighted by Gasteiger charge is -2.52. The molecule has 0 amide bonds.